The number of aromatic nitrogens is 2. The number of hydrogen-bond acceptors (Lipinski definition) is 6. The van der Waals surface area contributed by atoms with Crippen molar-refractivity contribution in [1.82, 2.24) is 9.59 Å². The summed E-state index contributed by atoms with van der Waals surface area (Å²) in [5.74, 6) is -1.20. The molecule has 0 bridgehead atoms. The van der Waals surface area contributed by atoms with Crippen LogP contribution in [0.3, 0.4) is 0 Å². The molecule has 7 nitrogen and oxygen atoms in total. The van der Waals surface area contributed by atoms with Crippen molar-refractivity contribution in [2.45, 2.75) is 11.8 Å². The minimum Gasteiger partial charge on any atom is -0.478 e. The van der Waals surface area contributed by atoms with Gasteiger partial charge in [0, 0.05) is 16.0 Å². The maximum Gasteiger partial charge on any atom is 0.335 e. The zero-order chi connectivity index (χ0) is 14.9. The maximum absolute atomic E-state index is 12.3. The molecule has 0 aliphatic rings. The largest absolute Gasteiger partial charge is 0.478 e. The van der Waals surface area contributed by atoms with Crippen LogP contribution in [-0.4, -0.2) is 29.1 Å². The first-order valence-corrected chi connectivity index (χ1v) is 8.20. The molecule has 1 heterocycles. The van der Waals surface area contributed by atoms with Gasteiger partial charge >= 0.3 is 5.97 Å². The summed E-state index contributed by atoms with van der Waals surface area (Å²) in [6, 6.07) is 2.48. The third-order valence-electron chi connectivity index (χ3n) is 2.35. The van der Waals surface area contributed by atoms with Crippen molar-refractivity contribution in [3.8, 4) is 0 Å². The first-order valence-electron chi connectivity index (χ1n) is 5.15. The Morgan fingerprint density at radius 3 is 2.70 bits per heavy atom. The van der Waals surface area contributed by atoms with Crippen LogP contribution in [0.2, 0.25) is 0 Å². The average Bonchev–Trinajstić information content (AvgIpc) is 2.83. The number of rotatable bonds is 4. The lowest BCUT2D eigenvalue weighted by Crippen LogP contribution is -2.14. The second-order valence-electron chi connectivity index (χ2n) is 3.80. The number of hydrogen-bond donors (Lipinski definition) is 2. The van der Waals surface area contributed by atoms with E-state index in [9.17, 15) is 13.2 Å². The highest BCUT2D eigenvalue weighted by atomic mass is 79.9. The van der Waals surface area contributed by atoms with E-state index >= 15 is 0 Å². The molecule has 2 N–H and O–H groups in total. The van der Waals surface area contributed by atoms with E-state index in [0.29, 0.717) is 10.0 Å². The first-order chi connectivity index (χ1) is 9.31. The molecule has 0 amide bonds. The van der Waals surface area contributed by atoms with Crippen molar-refractivity contribution in [3.63, 3.8) is 0 Å². The maximum atomic E-state index is 12.3. The number of aryl methyl sites for hydroxylation is 1. The van der Waals surface area contributed by atoms with Crippen LogP contribution in [0.5, 0.6) is 0 Å². The van der Waals surface area contributed by atoms with Gasteiger partial charge in [0.05, 0.1) is 11.8 Å². The van der Waals surface area contributed by atoms with Crippen molar-refractivity contribution >= 4 is 48.5 Å². The fourth-order valence-electron chi connectivity index (χ4n) is 1.46. The predicted octanol–water partition coefficient (Wildman–Crippen LogP) is 2.11. The first kappa shape index (κ1) is 14.9. The lowest BCUT2D eigenvalue weighted by molar-refractivity contribution is 0.0696. The summed E-state index contributed by atoms with van der Waals surface area (Å²) in [6.07, 6.45) is 1.27. The van der Waals surface area contributed by atoms with Gasteiger partial charge in [-0.05, 0) is 40.5 Å². The third kappa shape index (κ3) is 2.97. The number of benzene rings is 1. The summed E-state index contributed by atoms with van der Waals surface area (Å²) in [7, 11) is -3.92. The number of carboxylic acids is 1. The zero-order valence-electron chi connectivity index (χ0n) is 9.99. The number of carbonyl (C=O) groups is 1. The van der Waals surface area contributed by atoms with E-state index in [1.165, 1.54) is 12.3 Å². The van der Waals surface area contributed by atoms with Gasteiger partial charge < -0.3 is 5.11 Å². The Morgan fingerprint density at radius 1 is 1.45 bits per heavy atom. The highest BCUT2D eigenvalue weighted by molar-refractivity contribution is 9.10. The van der Waals surface area contributed by atoms with Crippen molar-refractivity contribution in [2.75, 3.05) is 4.72 Å². The fourth-order valence-corrected chi connectivity index (χ4v) is 4.19. The quantitative estimate of drug-likeness (QED) is 0.844. The van der Waals surface area contributed by atoms with Crippen molar-refractivity contribution in [1.29, 1.82) is 0 Å². The van der Waals surface area contributed by atoms with Gasteiger partial charge in [0.25, 0.3) is 10.0 Å². The zero-order valence-corrected chi connectivity index (χ0v) is 13.2. The summed E-state index contributed by atoms with van der Waals surface area (Å²) in [6.45, 7) is 1.61. The number of nitrogens with zero attached hydrogens (tertiary/aromatic N) is 2. The molecule has 0 unspecified atom stereocenters. The number of sulfonamides is 1. The highest BCUT2D eigenvalue weighted by Crippen LogP contribution is 2.29. The van der Waals surface area contributed by atoms with E-state index in [1.807, 2.05) is 0 Å². The number of carboxylic acid groups (broad SMARTS) is 1. The SMILES string of the molecule is Cc1cc(C(=O)O)cc(S(=O)(=O)Nc2cnns2)c1Br. The average molecular weight is 378 g/mol. The molecule has 0 aliphatic carbocycles. The number of aromatic carboxylic acids is 1. The molecule has 0 atom stereocenters. The van der Waals surface area contributed by atoms with Crippen LogP contribution in [0.15, 0.2) is 27.7 Å². The summed E-state index contributed by atoms with van der Waals surface area (Å²) >= 11 is 4.05. The Hall–Kier alpha value is -1.52. The minimum atomic E-state index is -3.92. The number of halogens is 1. The number of nitrogens with one attached hydrogen (secondary N) is 1. The number of anilines is 1. The van der Waals surface area contributed by atoms with Gasteiger partial charge in [-0.3, -0.25) is 4.72 Å². The van der Waals surface area contributed by atoms with Crippen molar-refractivity contribution < 1.29 is 18.3 Å². The molecule has 0 aliphatic heterocycles. The van der Waals surface area contributed by atoms with E-state index in [2.05, 4.69) is 30.2 Å². The third-order valence-corrected chi connectivity index (χ3v) is 5.77. The Bertz CT molecular complexity index is 759. The molecule has 2 rings (SSSR count). The second-order valence-corrected chi connectivity index (χ2v) is 7.03. The van der Waals surface area contributed by atoms with Crippen LogP contribution in [0.1, 0.15) is 15.9 Å². The smallest absolute Gasteiger partial charge is 0.335 e. The van der Waals surface area contributed by atoms with Gasteiger partial charge in [-0.25, -0.2) is 13.2 Å². The van der Waals surface area contributed by atoms with Gasteiger partial charge in [-0.15, -0.1) is 5.10 Å². The molecule has 106 valence electrons. The molecular weight excluding hydrogens is 370 g/mol. The van der Waals surface area contributed by atoms with Crippen molar-refractivity contribution in [2.24, 2.45) is 0 Å². The van der Waals surface area contributed by atoms with Gasteiger partial charge in [-0.1, -0.05) is 4.49 Å². The highest BCUT2D eigenvalue weighted by Gasteiger charge is 2.22. The molecule has 10 heteroatoms. The van der Waals surface area contributed by atoms with Gasteiger partial charge in [0.1, 0.15) is 9.90 Å². The van der Waals surface area contributed by atoms with Crippen LogP contribution in [0.4, 0.5) is 5.00 Å². The Kier molecular flexibility index (Phi) is 4.06. The van der Waals surface area contributed by atoms with E-state index in [-0.39, 0.29) is 15.5 Å². The standard InChI is InChI=1S/C10H8BrN3O4S2/c1-5-2-6(10(15)16)3-7(9(5)11)20(17,18)13-8-4-12-14-19-8/h2-4,13H,1H3,(H,15,16). The molecule has 0 radical (unpaired) electrons. The molecule has 2 aromatic rings. The molecule has 0 fully saturated rings. The van der Waals surface area contributed by atoms with E-state index in [4.69, 9.17) is 5.11 Å². The Labute approximate surface area is 127 Å². The normalized spacial score (nSPS) is 11.3. The molecule has 20 heavy (non-hydrogen) atoms. The van der Waals surface area contributed by atoms with Crippen LogP contribution in [0, 0.1) is 6.92 Å². The van der Waals surface area contributed by atoms with Gasteiger partial charge in [0.2, 0.25) is 0 Å². The predicted molar refractivity (Wildman–Crippen MR) is 76.6 cm³/mol. The monoisotopic (exact) mass is 377 g/mol. The molecule has 0 saturated heterocycles. The summed E-state index contributed by atoms with van der Waals surface area (Å²) in [4.78, 5) is 10.9. The molecule has 1 aromatic carbocycles. The van der Waals surface area contributed by atoms with E-state index in [1.54, 1.807) is 6.92 Å². The Morgan fingerprint density at radius 2 is 2.15 bits per heavy atom. The second kappa shape index (κ2) is 5.46. The van der Waals surface area contributed by atoms with Gasteiger partial charge in [-0.2, -0.15) is 0 Å². The summed E-state index contributed by atoms with van der Waals surface area (Å²) in [5.41, 5.74) is 0.404. The summed E-state index contributed by atoms with van der Waals surface area (Å²) in [5, 5.41) is 12.8. The molecule has 0 spiro atoms. The lowest BCUT2D eigenvalue weighted by Gasteiger charge is -2.10. The van der Waals surface area contributed by atoms with Crippen LogP contribution in [-0.2, 0) is 10.0 Å². The fraction of sp³-hybridized carbons (Fsp3) is 0.100. The van der Waals surface area contributed by atoms with Crippen LogP contribution >= 0.6 is 27.5 Å². The van der Waals surface area contributed by atoms with Crippen LogP contribution in [0.25, 0.3) is 0 Å². The molecule has 1 aromatic heterocycles. The minimum absolute atomic E-state index is 0.103. The Balaban J connectivity index is 2.53. The van der Waals surface area contributed by atoms with E-state index in [0.717, 1.165) is 17.6 Å². The van der Waals surface area contributed by atoms with E-state index < -0.39 is 16.0 Å². The van der Waals surface area contributed by atoms with Crippen LogP contribution < -0.4 is 4.72 Å². The van der Waals surface area contributed by atoms with Crippen molar-refractivity contribution in [3.05, 3.63) is 33.9 Å². The molecular formula is C10H8BrN3O4S2. The van der Waals surface area contributed by atoms with Gasteiger partial charge in [0.15, 0.2) is 0 Å². The summed E-state index contributed by atoms with van der Waals surface area (Å²) < 4.78 is 30.7. The molecule has 0 saturated carbocycles. The lowest BCUT2D eigenvalue weighted by atomic mass is 10.1. The topological polar surface area (TPSA) is 109 Å².